The molecule has 2 aromatic heterocycles. The van der Waals surface area contributed by atoms with Crippen molar-refractivity contribution in [2.24, 2.45) is 0 Å². The number of benzene rings is 1. The van der Waals surface area contributed by atoms with Crippen LogP contribution in [0.1, 0.15) is 17.5 Å². The van der Waals surface area contributed by atoms with Gasteiger partial charge in [-0.25, -0.2) is 0 Å². The summed E-state index contributed by atoms with van der Waals surface area (Å²) in [5, 5.41) is 8.37. The summed E-state index contributed by atoms with van der Waals surface area (Å²) >= 11 is 0. The third-order valence-electron chi connectivity index (χ3n) is 3.59. The Morgan fingerprint density at radius 2 is 2.05 bits per heavy atom. The molecule has 0 bridgehead atoms. The van der Waals surface area contributed by atoms with Crippen LogP contribution in [0, 0.1) is 6.92 Å². The van der Waals surface area contributed by atoms with Gasteiger partial charge in [-0.3, -0.25) is 14.5 Å². The molecule has 0 unspecified atom stereocenters. The van der Waals surface area contributed by atoms with Gasteiger partial charge in [-0.2, -0.15) is 5.10 Å². The SMILES string of the molecule is Cc1ccc2cnn(CCC(=O)NCc3ccncc3)c2c1. The van der Waals surface area contributed by atoms with E-state index in [1.165, 1.54) is 5.56 Å². The van der Waals surface area contributed by atoms with Gasteiger partial charge in [0.05, 0.1) is 18.3 Å². The fourth-order valence-corrected chi connectivity index (χ4v) is 2.36. The summed E-state index contributed by atoms with van der Waals surface area (Å²) in [7, 11) is 0. The molecule has 3 aromatic rings. The summed E-state index contributed by atoms with van der Waals surface area (Å²) in [5.74, 6) is 0.0214. The lowest BCUT2D eigenvalue weighted by Gasteiger charge is -2.06. The maximum Gasteiger partial charge on any atom is 0.222 e. The number of hydrogen-bond acceptors (Lipinski definition) is 3. The van der Waals surface area contributed by atoms with E-state index >= 15 is 0 Å². The molecule has 5 nitrogen and oxygen atoms in total. The molecule has 1 amide bonds. The molecule has 5 heteroatoms. The predicted octanol–water partition coefficient (Wildman–Crippen LogP) is 2.45. The van der Waals surface area contributed by atoms with Crippen molar-refractivity contribution >= 4 is 16.8 Å². The first-order valence-corrected chi connectivity index (χ1v) is 7.30. The molecular formula is C17H18N4O. The number of aryl methyl sites for hydroxylation is 2. The molecule has 22 heavy (non-hydrogen) atoms. The van der Waals surface area contributed by atoms with Crippen molar-refractivity contribution in [1.82, 2.24) is 20.1 Å². The zero-order chi connectivity index (χ0) is 15.4. The first-order chi connectivity index (χ1) is 10.7. The van der Waals surface area contributed by atoms with E-state index in [0.29, 0.717) is 19.5 Å². The zero-order valence-corrected chi connectivity index (χ0v) is 12.5. The maximum atomic E-state index is 11.9. The largest absolute Gasteiger partial charge is 0.352 e. The number of nitrogens with one attached hydrogen (secondary N) is 1. The summed E-state index contributed by atoms with van der Waals surface area (Å²) in [5.41, 5.74) is 3.31. The Bertz CT molecular complexity index is 780. The third-order valence-corrected chi connectivity index (χ3v) is 3.59. The molecule has 0 saturated carbocycles. The van der Waals surface area contributed by atoms with Crippen LogP contribution in [0.25, 0.3) is 10.9 Å². The Hall–Kier alpha value is -2.69. The summed E-state index contributed by atoms with van der Waals surface area (Å²) in [6.45, 7) is 3.16. The average molecular weight is 294 g/mol. The standard InChI is InChI=1S/C17H18N4O/c1-13-2-3-15-12-20-21(16(15)10-13)9-6-17(22)19-11-14-4-7-18-8-5-14/h2-5,7-8,10,12H,6,9,11H2,1H3,(H,19,22). The van der Waals surface area contributed by atoms with Gasteiger partial charge in [-0.1, -0.05) is 12.1 Å². The lowest BCUT2D eigenvalue weighted by atomic mass is 10.2. The number of amides is 1. The van der Waals surface area contributed by atoms with Crippen LogP contribution < -0.4 is 5.32 Å². The quantitative estimate of drug-likeness (QED) is 0.786. The molecule has 0 aliphatic heterocycles. The van der Waals surface area contributed by atoms with Crippen LogP contribution in [0.3, 0.4) is 0 Å². The number of aromatic nitrogens is 3. The minimum atomic E-state index is 0.0214. The second kappa shape index (κ2) is 6.39. The van der Waals surface area contributed by atoms with Crippen molar-refractivity contribution in [2.45, 2.75) is 26.4 Å². The molecule has 0 radical (unpaired) electrons. The average Bonchev–Trinajstić information content (AvgIpc) is 2.94. The topological polar surface area (TPSA) is 59.8 Å². The number of hydrogen-bond donors (Lipinski definition) is 1. The molecule has 0 saturated heterocycles. The van der Waals surface area contributed by atoms with Crippen molar-refractivity contribution in [2.75, 3.05) is 0 Å². The number of pyridine rings is 1. The summed E-state index contributed by atoms with van der Waals surface area (Å²) < 4.78 is 1.88. The second-order valence-electron chi connectivity index (χ2n) is 5.31. The van der Waals surface area contributed by atoms with E-state index < -0.39 is 0 Å². The fourth-order valence-electron chi connectivity index (χ4n) is 2.36. The highest BCUT2D eigenvalue weighted by Gasteiger charge is 2.06. The van der Waals surface area contributed by atoms with Gasteiger partial charge in [0.2, 0.25) is 5.91 Å². The number of fused-ring (bicyclic) bond motifs is 1. The van der Waals surface area contributed by atoms with Crippen molar-refractivity contribution in [3.05, 3.63) is 60.0 Å². The molecule has 1 aromatic carbocycles. The van der Waals surface area contributed by atoms with Gasteiger partial charge in [0.15, 0.2) is 0 Å². The van der Waals surface area contributed by atoms with Crippen LogP contribution in [0.4, 0.5) is 0 Å². The van der Waals surface area contributed by atoms with E-state index in [0.717, 1.165) is 16.5 Å². The number of rotatable bonds is 5. The molecule has 0 aliphatic rings. The van der Waals surface area contributed by atoms with E-state index in [1.54, 1.807) is 12.4 Å². The summed E-state index contributed by atoms with van der Waals surface area (Å²) in [6, 6.07) is 10.00. The number of carbonyl (C=O) groups is 1. The van der Waals surface area contributed by atoms with E-state index in [9.17, 15) is 4.79 Å². The van der Waals surface area contributed by atoms with Gasteiger partial charge in [0.1, 0.15) is 0 Å². The van der Waals surface area contributed by atoms with Crippen LogP contribution in [-0.2, 0) is 17.9 Å². The normalized spacial score (nSPS) is 10.8. The molecule has 0 spiro atoms. The van der Waals surface area contributed by atoms with Crippen molar-refractivity contribution in [1.29, 1.82) is 0 Å². The third kappa shape index (κ3) is 3.31. The molecule has 112 valence electrons. The van der Waals surface area contributed by atoms with Crippen LogP contribution >= 0.6 is 0 Å². The Morgan fingerprint density at radius 3 is 2.86 bits per heavy atom. The molecule has 0 fully saturated rings. The monoisotopic (exact) mass is 294 g/mol. The van der Waals surface area contributed by atoms with E-state index in [1.807, 2.05) is 23.0 Å². The van der Waals surface area contributed by atoms with Crippen molar-refractivity contribution in [3.8, 4) is 0 Å². The first kappa shape index (κ1) is 14.3. The van der Waals surface area contributed by atoms with E-state index in [2.05, 4.69) is 40.5 Å². The molecule has 1 N–H and O–H groups in total. The molecule has 3 rings (SSSR count). The molecule has 0 atom stereocenters. The summed E-state index contributed by atoms with van der Waals surface area (Å²) in [4.78, 5) is 15.9. The van der Waals surface area contributed by atoms with Crippen molar-refractivity contribution < 1.29 is 4.79 Å². The van der Waals surface area contributed by atoms with Gasteiger partial charge in [0.25, 0.3) is 0 Å². The Labute approximate surface area is 129 Å². The van der Waals surface area contributed by atoms with E-state index in [-0.39, 0.29) is 5.91 Å². The minimum Gasteiger partial charge on any atom is -0.352 e. The smallest absolute Gasteiger partial charge is 0.222 e. The Balaban J connectivity index is 1.57. The minimum absolute atomic E-state index is 0.0214. The molecular weight excluding hydrogens is 276 g/mol. The number of nitrogens with zero attached hydrogens (tertiary/aromatic N) is 3. The highest BCUT2D eigenvalue weighted by molar-refractivity contribution is 5.80. The lowest BCUT2D eigenvalue weighted by Crippen LogP contribution is -2.24. The first-order valence-electron chi connectivity index (χ1n) is 7.30. The lowest BCUT2D eigenvalue weighted by molar-refractivity contribution is -0.121. The zero-order valence-electron chi connectivity index (χ0n) is 12.5. The summed E-state index contributed by atoms with van der Waals surface area (Å²) in [6.07, 6.45) is 5.69. The molecule has 2 heterocycles. The van der Waals surface area contributed by atoms with Gasteiger partial charge >= 0.3 is 0 Å². The van der Waals surface area contributed by atoms with E-state index in [4.69, 9.17) is 0 Å². The van der Waals surface area contributed by atoms with Crippen LogP contribution in [0.5, 0.6) is 0 Å². The highest BCUT2D eigenvalue weighted by Crippen LogP contribution is 2.15. The van der Waals surface area contributed by atoms with Crippen LogP contribution in [-0.4, -0.2) is 20.7 Å². The van der Waals surface area contributed by atoms with Crippen LogP contribution in [0.2, 0.25) is 0 Å². The second-order valence-corrected chi connectivity index (χ2v) is 5.31. The van der Waals surface area contributed by atoms with Crippen LogP contribution in [0.15, 0.2) is 48.9 Å². The van der Waals surface area contributed by atoms with Gasteiger partial charge < -0.3 is 5.32 Å². The predicted molar refractivity (Wildman–Crippen MR) is 85.2 cm³/mol. The van der Waals surface area contributed by atoms with Gasteiger partial charge in [-0.15, -0.1) is 0 Å². The number of carbonyl (C=O) groups excluding carboxylic acids is 1. The Morgan fingerprint density at radius 1 is 1.23 bits per heavy atom. The van der Waals surface area contributed by atoms with Gasteiger partial charge in [0, 0.05) is 30.7 Å². The highest BCUT2D eigenvalue weighted by atomic mass is 16.1. The fraction of sp³-hybridized carbons (Fsp3) is 0.235. The molecule has 0 aliphatic carbocycles. The Kier molecular flexibility index (Phi) is 4.14. The van der Waals surface area contributed by atoms with Gasteiger partial charge in [-0.05, 0) is 36.2 Å². The maximum absolute atomic E-state index is 11.9. The van der Waals surface area contributed by atoms with Crippen molar-refractivity contribution in [3.63, 3.8) is 0 Å².